The highest BCUT2D eigenvalue weighted by Crippen LogP contribution is 2.18. The van der Waals surface area contributed by atoms with Crippen LogP contribution in [0.5, 0.6) is 5.75 Å². The van der Waals surface area contributed by atoms with Gasteiger partial charge in [0.05, 0.1) is 5.69 Å². The maximum Gasteiger partial charge on any atom is 0.148 e. The van der Waals surface area contributed by atoms with Crippen molar-refractivity contribution < 1.29 is 9.50 Å². The zero-order valence-electron chi connectivity index (χ0n) is 8.97. The van der Waals surface area contributed by atoms with Gasteiger partial charge in [0.25, 0.3) is 0 Å². The second-order valence-electron chi connectivity index (χ2n) is 3.53. The molecule has 0 atom stereocenters. The van der Waals surface area contributed by atoms with E-state index in [4.69, 9.17) is 7.85 Å². The Kier molecular flexibility index (Phi) is 3.23. The van der Waals surface area contributed by atoms with E-state index in [2.05, 4.69) is 4.99 Å². The molecule has 0 aromatic heterocycles. The first-order chi connectivity index (χ1) is 8.16. The monoisotopic (exact) mass is 225 g/mol. The Labute approximate surface area is 99.9 Å². The van der Waals surface area contributed by atoms with E-state index in [0.717, 1.165) is 0 Å². The second kappa shape index (κ2) is 4.83. The number of aromatic hydroxyl groups is 1. The van der Waals surface area contributed by atoms with Gasteiger partial charge in [-0.1, -0.05) is 29.7 Å². The molecule has 2 aromatic rings. The van der Waals surface area contributed by atoms with Crippen molar-refractivity contribution >= 4 is 25.2 Å². The highest BCUT2D eigenvalue weighted by Gasteiger charge is 2.00. The zero-order chi connectivity index (χ0) is 12.3. The number of benzene rings is 2. The quantitative estimate of drug-likeness (QED) is 0.615. The first-order valence-electron chi connectivity index (χ1n) is 5.04. The molecule has 0 aliphatic carbocycles. The summed E-state index contributed by atoms with van der Waals surface area (Å²) >= 11 is 0. The molecule has 0 aliphatic heterocycles. The summed E-state index contributed by atoms with van der Waals surface area (Å²) in [4.78, 5) is 3.96. The fourth-order valence-electron chi connectivity index (χ4n) is 1.37. The van der Waals surface area contributed by atoms with Crippen LogP contribution in [0.2, 0.25) is 0 Å². The minimum absolute atomic E-state index is 0.0549. The third-order valence-electron chi connectivity index (χ3n) is 2.25. The largest absolute Gasteiger partial charge is 0.507 e. The lowest BCUT2D eigenvalue weighted by atomic mass is 9.94. The molecule has 2 radical (unpaired) electrons. The summed E-state index contributed by atoms with van der Waals surface area (Å²) in [5.41, 5.74) is 1.18. The third kappa shape index (κ3) is 2.72. The van der Waals surface area contributed by atoms with Crippen LogP contribution in [0.25, 0.3) is 0 Å². The molecular formula is C13H9BFNO. The van der Waals surface area contributed by atoms with E-state index in [1.807, 2.05) is 0 Å². The van der Waals surface area contributed by atoms with Gasteiger partial charge in [-0.25, -0.2) is 4.39 Å². The molecule has 0 saturated heterocycles. The summed E-state index contributed by atoms with van der Waals surface area (Å²) in [6.45, 7) is 0. The van der Waals surface area contributed by atoms with E-state index < -0.39 is 5.82 Å². The maximum absolute atomic E-state index is 13.3. The predicted molar refractivity (Wildman–Crippen MR) is 67.1 cm³/mol. The van der Waals surface area contributed by atoms with Crippen molar-refractivity contribution in [3.8, 4) is 5.75 Å². The van der Waals surface area contributed by atoms with Crippen molar-refractivity contribution in [2.45, 2.75) is 0 Å². The van der Waals surface area contributed by atoms with Gasteiger partial charge in [-0.15, -0.1) is 0 Å². The van der Waals surface area contributed by atoms with Crippen molar-refractivity contribution in [2.24, 2.45) is 4.99 Å². The van der Waals surface area contributed by atoms with Gasteiger partial charge in [-0.2, -0.15) is 0 Å². The van der Waals surface area contributed by atoms with Gasteiger partial charge in [-0.05, 0) is 18.2 Å². The molecule has 0 spiro atoms. The SMILES string of the molecule is [B]c1ccc(O)c(C=Nc2ccccc2F)c1. The van der Waals surface area contributed by atoms with Crippen LogP contribution in [0.1, 0.15) is 5.56 Å². The first-order valence-corrected chi connectivity index (χ1v) is 5.04. The topological polar surface area (TPSA) is 32.6 Å². The summed E-state index contributed by atoms with van der Waals surface area (Å²) in [6.07, 6.45) is 1.38. The number of nitrogens with zero attached hydrogens (tertiary/aromatic N) is 1. The van der Waals surface area contributed by atoms with Crippen molar-refractivity contribution in [1.82, 2.24) is 0 Å². The van der Waals surface area contributed by atoms with Crippen LogP contribution in [0.15, 0.2) is 47.5 Å². The fraction of sp³-hybridized carbons (Fsp3) is 0. The predicted octanol–water partition coefficient (Wildman–Crippen LogP) is 2.08. The van der Waals surface area contributed by atoms with E-state index in [1.165, 1.54) is 18.3 Å². The van der Waals surface area contributed by atoms with Crippen molar-refractivity contribution in [1.29, 1.82) is 0 Å². The van der Waals surface area contributed by atoms with Crippen LogP contribution < -0.4 is 5.46 Å². The van der Waals surface area contributed by atoms with Gasteiger partial charge in [0.2, 0.25) is 0 Å². The van der Waals surface area contributed by atoms with Gasteiger partial charge < -0.3 is 5.11 Å². The van der Waals surface area contributed by atoms with E-state index in [0.29, 0.717) is 11.0 Å². The Morgan fingerprint density at radius 2 is 1.94 bits per heavy atom. The minimum Gasteiger partial charge on any atom is -0.507 e. The first kappa shape index (κ1) is 11.4. The molecule has 2 nitrogen and oxygen atoms in total. The van der Waals surface area contributed by atoms with Gasteiger partial charge >= 0.3 is 0 Å². The average molecular weight is 225 g/mol. The number of halogens is 1. The van der Waals surface area contributed by atoms with Crippen molar-refractivity contribution in [3.63, 3.8) is 0 Å². The lowest BCUT2D eigenvalue weighted by Gasteiger charge is -2.00. The standard InChI is InChI=1S/C13H9BFNO/c14-10-5-6-13(17)9(7-10)8-16-12-4-2-1-3-11(12)15/h1-8,17H. The number of aliphatic imine (C=N–C) groups is 1. The number of hydrogen-bond donors (Lipinski definition) is 1. The lowest BCUT2D eigenvalue weighted by Crippen LogP contribution is -2.02. The van der Waals surface area contributed by atoms with Crippen LogP contribution in [-0.2, 0) is 0 Å². The molecule has 82 valence electrons. The summed E-state index contributed by atoms with van der Waals surface area (Å²) < 4.78 is 13.3. The summed E-state index contributed by atoms with van der Waals surface area (Å²) in [5, 5.41) is 9.54. The molecule has 0 aliphatic rings. The van der Waals surface area contributed by atoms with Crippen LogP contribution in [0.3, 0.4) is 0 Å². The number of rotatable bonds is 2. The Morgan fingerprint density at radius 3 is 2.71 bits per heavy atom. The molecule has 0 amide bonds. The highest BCUT2D eigenvalue weighted by atomic mass is 19.1. The second-order valence-corrected chi connectivity index (χ2v) is 3.53. The van der Waals surface area contributed by atoms with Crippen LogP contribution in [0.4, 0.5) is 10.1 Å². The fourth-order valence-corrected chi connectivity index (χ4v) is 1.37. The Hall–Kier alpha value is -2.10. The number of hydrogen-bond acceptors (Lipinski definition) is 2. The molecule has 0 heterocycles. The lowest BCUT2D eigenvalue weighted by molar-refractivity contribution is 0.474. The molecule has 0 bridgehead atoms. The summed E-state index contributed by atoms with van der Waals surface area (Å²) in [6, 6.07) is 10.8. The summed E-state index contributed by atoms with van der Waals surface area (Å²) in [7, 11) is 5.58. The van der Waals surface area contributed by atoms with E-state index in [1.54, 1.807) is 30.3 Å². The van der Waals surface area contributed by atoms with Crippen LogP contribution in [0, 0.1) is 5.82 Å². The molecule has 2 rings (SSSR count). The zero-order valence-corrected chi connectivity index (χ0v) is 8.97. The number of phenolic OH excluding ortho intramolecular Hbond substituents is 1. The molecule has 0 saturated carbocycles. The molecule has 1 N–H and O–H groups in total. The molecule has 17 heavy (non-hydrogen) atoms. The minimum atomic E-state index is -0.410. The highest BCUT2D eigenvalue weighted by molar-refractivity contribution is 6.32. The van der Waals surface area contributed by atoms with Crippen LogP contribution in [-0.4, -0.2) is 19.2 Å². The van der Waals surface area contributed by atoms with Crippen molar-refractivity contribution in [3.05, 3.63) is 53.8 Å². The van der Waals surface area contributed by atoms with Crippen LogP contribution >= 0.6 is 0 Å². The summed E-state index contributed by atoms with van der Waals surface area (Å²) in [5.74, 6) is -0.355. The third-order valence-corrected chi connectivity index (χ3v) is 2.25. The van der Waals surface area contributed by atoms with Gasteiger partial charge in [-0.3, -0.25) is 4.99 Å². The van der Waals surface area contributed by atoms with Gasteiger partial charge in [0.15, 0.2) is 0 Å². The molecule has 0 unspecified atom stereocenters. The molecule has 0 fully saturated rings. The van der Waals surface area contributed by atoms with E-state index in [9.17, 15) is 9.50 Å². The maximum atomic E-state index is 13.3. The molecule has 2 aromatic carbocycles. The average Bonchev–Trinajstić information content (AvgIpc) is 2.32. The van der Waals surface area contributed by atoms with E-state index >= 15 is 0 Å². The normalized spacial score (nSPS) is 10.9. The Balaban J connectivity index is 2.32. The Morgan fingerprint density at radius 1 is 1.18 bits per heavy atom. The molecule has 4 heteroatoms. The molecular weight excluding hydrogens is 216 g/mol. The van der Waals surface area contributed by atoms with Gasteiger partial charge in [0, 0.05) is 11.8 Å². The van der Waals surface area contributed by atoms with E-state index in [-0.39, 0.29) is 11.4 Å². The smallest absolute Gasteiger partial charge is 0.148 e. The number of phenols is 1. The Bertz CT molecular complexity index is 569. The number of para-hydroxylation sites is 1. The van der Waals surface area contributed by atoms with Crippen molar-refractivity contribution in [2.75, 3.05) is 0 Å². The van der Waals surface area contributed by atoms with Gasteiger partial charge in [0.1, 0.15) is 19.4 Å².